The monoisotopic (exact) mass is 247 g/mol. The van der Waals surface area contributed by atoms with Gasteiger partial charge in [-0.3, -0.25) is 0 Å². The molecule has 0 bridgehead atoms. The molecule has 0 amide bonds. The molecule has 18 heavy (non-hydrogen) atoms. The van der Waals surface area contributed by atoms with Gasteiger partial charge in [-0.2, -0.15) is 0 Å². The number of nitrogens with two attached hydrogens (primary N) is 1. The van der Waals surface area contributed by atoms with Crippen LogP contribution < -0.4 is 10.5 Å². The zero-order chi connectivity index (χ0) is 13.2. The Morgan fingerprint density at radius 3 is 2.78 bits per heavy atom. The average molecular weight is 247 g/mol. The van der Waals surface area contributed by atoms with Gasteiger partial charge in [0.1, 0.15) is 5.75 Å². The molecule has 3 atom stereocenters. The summed E-state index contributed by atoms with van der Waals surface area (Å²) >= 11 is 0. The number of rotatable bonds is 3. The Labute approximate surface area is 111 Å². The Balaban J connectivity index is 2.21. The van der Waals surface area contributed by atoms with Crippen LogP contribution in [0.5, 0.6) is 5.75 Å². The van der Waals surface area contributed by atoms with E-state index in [0.717, 1.165) is 24.5 Å². The third-order valence-electron chi connectivity index (χ3n) is 4.42. The van der Waals surface area contributed by atoms with E-state index >= 15 is 0 Å². The molecule has 0 aliphatic heterocycles. The van der Waals surface area contributed by atoms with Gasteiger partial charge in [-0.25, -0.2) is 0 Å². The number of hydrogen-bond donors (Lipinski definition) is 1. The van der Waals surface area contributed by atoms with Gasteiger partial charge in [-0.05, 0) is 55.7 Å². The van der Waals surface area contributed by atoms with Gasteiger partial charge in [0.15, 0.2) is 0 Å². The van der Waals surface area contributed by atoms with E-state index in [-0.39, 0.29) is 5.54 Å². The van der Waals surface area contributed by atoms with Crippen LogP contribution in [0.25, 0.3) is 0 Å². The molecular weight excluding hydrogens is 222 g/mol. The van der Waals surface area contributed by atoms with Gasteiger partial charge in [-0.1, -0.05) is 26.0 Å². The van der Waals surface area contributed by atoms with Crippen LogP contribution in [0.2, 0.25) is 0 Å². The highest BCUT2D eigenvalue weighted by molar-refractivity contribution is 5.33. The molecule has 2 nitrogen and oxygen atoms in total. The molecule has 1 aliphatic rings. The second-order valence-corrected chi connectivity index (χ2v) is 5.81. The lowest BCUT2D eigenvalue weighted by Crippen LogP contribution is -2.43. The number of hydrogen-bond acceptors (Lipinski definition) is 2. The molecule has 1 aromatic rings. The fraction of sp³-hybridized carbons (Fsp3) is 0.625. The summed E-state index contributed by atoms with van der Waals surface area (Å²) in [4.78, 5) is 0. The van der Waals surface area contributed by atoms with Gasteiger partial charge in [0, 0.05) is 5.54 Å². The fourth-order valence-electron chi connectivity index (χ4n) is 2.97. The molecule has 3 unspecified atom stereocenters. The number of benzene rings is 1. The van der Waals surface area contributed by atoms with E-state index in [9.17, 15) is 0 Å². The van der Waals surface area contributed by atoms with Gasteiger partial charge in [0.2, 0.25) is 0 Å². The minimum atomic E-state index is -0.168. The van der Waals surface area contributed by atoms with Gasteiger partial charge in [0.25, 0.3) is 0 Å². The van der Waals surface area contributed by atoms with Gasteiger partial charge in [0.05, 0.1) is 6.61 Å². The normalized spacial score (nSPS) is 32.2. The maximum Gasteiger partial charge on any atom is 0.119 e. The Kier molecular flexibility index (Phi) is 3.96. The first-order valence-electron chi connectivity index (χ1n) is 7.07. The zero-order valence-corrected chi connectivity index (χ0v) is 11.8. The Hall–Kier alpha value is -1.02. The molecule has 1 saturated carbocycles. The molecule has 1 aliphatic carbocycles. The first-order chi connectivity index (χ1) is 8.55. The van der Waals surface area contributed by atoms with Crippen LogP contribution in [0, 0.1) is 11.8 Å². The lowest BCUT2D eigenvalue weighted by molar-refractivity contribution is 0.176. The minimum Gasteiger partial charge on any atom is -0.494 e. The Bertz CT molecular complexity index is 404. The second kappa shape index (κ2) is 5.31. The Morgan fingerprint density at radius 2 is 2.11 bits per heavy atom. The lowest BCUT2D eigenvalue weighted by Gasteiger charge is -2.40. The molecule has 2 N–H and O–H groups in total. The van der Waals surface area contributed by atoms with Gasteiger partial charge < -0.3 is 10.5 Å². The van der Waals surface area contributed by atoms with Crippen LogP contribution in [-0.4, -0.2) is 6.61 Å². The van der Waals surface area contributed by atoms with Crippen LogP contribution >= 0.6 is 0 Å². The zero-order valence-electron chi connectivity index (χ0n) is 11.8. The van der Waals surface area contributed by atoms with Crippen LogP contribution in [0.15, 0.2) is 24.3 Å². The van der Waals surface area contributed by atoms with Crippen molar-refractivity contribution in [3.8, 4) is 5.75 Å². The van der Waals surface area contributed by atoms with Crippen LogP contribution in [0.4, 0.5) is 0 Å². The van der Waals surface area contributed by atoms with E-state index in [1.54, 1.807) is 0 Å². The molecule has 1 fully saturated rings. The quantitative estimate of drug-likeness (QED) is 0.884. The third kappa shape index (κ3) is 2.69. The summed E-state index contributed by atoms with van der Waals surface area (Å²) in [7, 11) is 0. The lowest BCUT2D eigenvalue weighted by atomic mass is 9.69. The average Bonchev–Trinajstić information content (AvgIpc) is 2.35. The van der Waals surface area contributed by atoms with Crippen molar-refractivity contribution in [1.29, 1.82) is 0 Å². The first kappa shape index (κ1) is 13.4. The summed E-state index contributed by atoms with van der Waals surface area (Å²) in [5, 5.41) is 0. The van der Waals surface area contributed by atoms with Crippen LogP contribution in [0.1, 0.15) is 45.6 Å². The van der Waals surface area contributed by atoms with Gasteiger partial charge in [-0.15, -0.1) is 0 Å². The molecule has 0 radical (unpaired) electrons. The highest BCUT2D eigenvalue weighted by Crippen LogP contribution is 2.41. The molecule has 1 aromatic carbocycles. The van der Waals surface area contributed by atoms with Crippen molar-refractivity contribution in [1.82, 2.24) is 0 Å². The topological polar surface area (TPSA) is 35.2 Å². The summed E-state index contributed by atoms with van der Waals surface area (Å²) in [5.74, 6) is 2.42. The summed E-state index contributed by atoms with van der Waals surface area (Å²) in [6.07, 6.45) is 3.37. The molecule has 2 rings (SSSR count). The largest absolute Gasteiger partial charge is 0.494 e. The summed E-state index contributed by atoms with van der Waals surface area (Å²) < 4.78 is 5.57. The molecule has 0 spiro atoms. The SMILES string of the molecule is CCOc1cccc(C2(N)CCC(C)C(C)C2)c1. The first-order valence-corrected chi connectivity index (χ1v) is 7.07. The molecule has 100 valence electrons. The van der Waals surface area contributed by atoms with E-state index in [1.807, 2.05) is 13.0 Å². The predicted molar refractivity (Wildman–Crippen MR) is 75.7 cm³/mol. The molecular formula is C16H25NO. The van der Waals surface area contributed by atoms with E-state index in [4.69, 9.17) is 10.5 Å². The molecule has 0 saturated heterocycles. The van der Waals surface area contributed by atoms with E-state index in [2.05, 4.69) is 32.0 Å². The summed E-state index contributed by atoms with van der Waals surface area (Å²) in [6, 6.07) is 8.32. The van der Waals surface area contributed by atoms with Crippen LogP contribution in [-0.2, 0) is 5.54 Å². The van der Waals surface area contributed by atoms with Crippen molar-refractivity contribution >= 4 is 0 Å². The number of ether oxygens (including phenoxy) is 1. The predicted octanol–water partition coefficient (Wildman–Crippen LogP) is 3.70. The van der Waals surface area contributed by atoms with E-state index < -0.39 is 0 Å². The highest BCUT2D eigenvalue weighted by atomic mass is 16.5. The smallest absolute Gasteiger partial charge is 0.119 e. The summed E-state index contributed by atoms with van der Waals surface area (Å²) in [5.41, 5.74) is 7.70. The Morgan fingerprint density at radius 1 is 1.33 bits per heavy atom. The van der Waals surface area contributed by atoms with E-state index in [0.29, 0.717) is 12.5 Å². The van der Waals surface area contributed by atoms with Crippen molar-refractivity contribution in [2.24, 2.45) is 17.6 Å². The fourth-order valence-corrected chi connectivity index (χ4v) is 2.97. The van der Waals surface area contributed by atoms with E-state index in [1.165, 1.54) is 12.0 Å². The van der Waals surface area contributed by atoms with Crippen LogP contribution in [0.3, 0.4) is 0 Å². The molecule has 2 heteroatoms. The standard InChI is InChI=1S/C16H25NO/c1-4-18-15-7-5-6-14(10-15)16(17)9-8-12(2)13(3)11-16/h5-7,10,12-13H,4,8-9,11,17H2,1-3H3. The minimum absolute atomic E-state index is 0.168. The molecule has 0 heterocycles. The van der Waals surface area contributed by atoms with Crippen molar-refractivity contribution < 1.29 is 4.74 Å². The highest BCUT2D eigenvalue weighted by Gasteiger charge is 2.35. The molecule has 0 aromatic heterocycles. The van der Waals surface area contributed by atoms with Crippen molar-refractivity contribution in [3.63, 3.8) is 0 Å². The third-order valence-corrected chi connectivity index (χ3v) is 4.42. The van der Waals surface area contributed by atoms with Crippen molar-refractivity contribution in [2.75, 3.05) is 6.61 Å². The van der Waals surface area contributed by atoms with Crippen molar-refractivity contribution in [3.05, 3.63) is 29.8 Å². The maximum absolute atomic E-state index is 6.64. The van der Waals surface area contributed by atoms with Gasteiger partial charge >= 0.3 is 0 Å². The second-order valence-electron chi connectivity index (χ2n) is 5.81. The van der Waals surface area contributed by atoms with Crippen molar-refractivity contribution in [2.45, 2.75) is 45.6 Å². The summed E-state index contributed by atoms with van der Waals surface area (Å²) in [6.45, 7) is 7.36. The maximum atomic E-state index is 6.64.